The molecule has 0 atom stereocenters. The van der Waals surface area contributed by atoms with Gasteiger partial charge in [-0.2, -0.15) is 0 Å². The van der Waals surface area contributed by atoms with Crippen LogP contribution in [0.3, 0.4) is 0 Å². The summed E-state index contributed by atoms with van der Waals surface area (Å²) in [7, 11) is 0. The summed E-state index contributed by atoms with van der Waals surface area (Å²) in [6, 6.07) is 22.7. The van der Waals surface area contributed by atoms with Crippen LogP contribution in [-0.2, 0) is 0 Å². The van der Waals surface area contributed by atoms with Gasteiger partial charge in [0.25, 0.3) is 5.91 Å². The fraction of sp³-hybridized carbons (Fsp3) is 0.0909. The third kappa shape index (κ3) is 3.53. The zero-order valence-corrected chi connectivity index (χ0v) is 14.9. The van der Waals surface area contributed by atoms with Crippen LogP contribution in [0.1, 0.15) is 17.3 Å². The first-order valence-corrected chi connectivity index (χ1v) is 8.81. The molecule has 3 aromatic carbocycles. The minimum atomic E-state index is -0.152. The fourth-order valence-corrected chi connectivity index (χ4v) is 2.94. The molecule has 0 fully saturated rings. The van der Waals surface area contributed by atoms with E-state index in [2.05, 4.69) is 10.3 Å². The number of imidazole rings is 1. The standard InChI is InChI=1S/C22H19N3O2/c1-2-27-19-13-9-17(10-14-19)24-22(26)16-7-11-18(12-8-16)25-15-23-20-5-3-4-6-21(20)25/h3-15H,2H2,1H3,(H,24,26). The van der Waals surface area contributed by atoms with E-state index < -0.39 is 0 Å². The number of rotatable bonds is 5. The second-order valence-corrected chi connectivity index (χ2v) is 6.06. The summed E-state index contributed by atoms with van der Waals surface area (Å²) in [5.41, 5.74) is 4.26. The molecule has 1 amide bonds. The molecule has 0 bridgehead atoms. The molecule has 1 heterocycles. The summed E-state index contributed by atoms with van der Waals surface area (Å²) in [5.74, 6) is 0.633. The van der Waals surface area contributed by atoms with Crippen molar-refractivity contribution in [3.63, 3.8) is 0 Å². The molecular formula is C22H19N3O2. The van der Waals surface area contributed by atoms with Gasteiger partial charge in [0, 0.05) is 16.9 Å². The van der Waals surface area contributed by atoms with E-state index >= 15 is 0 Å². The quantitative estimate of drug-likeness (QED) is 0.564. The molecule has 1 N–H and O–H groups in total. The highest BCUT2D eigenvalue weighted by atomic mass is 16.5. The highest BCUT2D eigenvalue weighted by molar-refractivity contribution is 6.04. The van der Waals surface area contributed by atoms with E-state index in [1.807, 2.05) is 84.3 Å². The first kappa shape index (κ1) is 16.8. The van der Waals surface area contributed by atoms with E-state index in [9.17, 15) is 4.79 Å². The number of carbonyl (C=O) groups is 1. The molecule has 0 saturated heterocycles. The van der Waals surface area contributed by atoms with Crippen LogP contribution in [-0.4, -0.2) is 22.1 Å². The topological polar surface area (TPSA) is 56.1 Å². The molecule has 4 aromatic rings. The van der Waals surface area contributed by atoms with Gasteiger partial charge in [0.2, 0.25) is 0 Å². The Morgan fingerprint density at radius 2 is 1.74 bits per heavy atom. The highest BCUT2D eigenvalue weighted by Gasteiger charge is 2.08. The summed E-state index contributed by atoms with van der Waals surface area (Å²) >= 11 is 0. The molecule has 0 unspecified atom stereocenters. The van der Waals surface area contributed by atoms with Crippen molar-refractivity contribution in [1.82, 2.24) is 9.55 Å². The average Bonchev–Trinajstić information content (AvgIpc) is 3.14. The van der Waals surface area contributed by atoms with Gasteiger partial charge in [-0.15, -0.1) is 0 Å². The third-order valence-electron chi connectivity index (χ3n) is 4.28. The van der Waals surface area contributed by atoms with Gasteiger partial charge in [-0.25, -0.2) is 4.98 Å². The van der Waals surface area contributed by atoms with Gasteiger partial charge >= 0.3 is 0 Å². The lowest BCUT2D eigenvalue weighted by atomic mass is 10.2. The number of hydrogen-bond acceptors (Lipinski definition) is 3. The lowest BCUT2D eigenvalue weighted by Crippen LogP contribution is -2.11. The number of benzene rings is 3. The summed E-state index contributed by atoms with van der Waals surface area (Å²) in [6.07, 6.45) is 1.79. The Kier molecular flexibility index (Phi) is 4.58. The second kappa shape index (κ2) is 7.33. The summed E-state index contributed by atoms with van der Waals surface area (Å²) in [6.45, 7) is 2.55. The first-order chi connectivity index (χ1) is 13.2. The monoisotopic (exact) mass is 357 g/mol. The van der Waals surface area contributed by atoms with Crippen molar-refractivity contribution in [3.05, 3.63) is 84.7 Å². The lowest BCUT2D eigenvalue weighted by Gasteiger charge is -2.08. The van der Waals surface area contributed by atoms with Crippen LogP contribution in [0.25, 0.3) is 16.7 Å². The largest absolute Gasteiger partial charge is 0.494 e. The van der Waals surface area contributed by atoms with Crippen LogP contribution in [0.4, 0.5) is 5.69 Å². The Labute approximate surface area is 157 Å². The number of hydrogen-bond donors (Lipinski definition) is 1. The van der Waals surface area contributed by atoms with E-state index in [1.165, 1.54) is 0 Å². The Morgan fingerprint density at radius 1 is 1.00 bits per heavy atom. The van der Waals surface area contributed by atoms with Crippen molar-refractivity contribution < 1.29 is 9.53 Å². The second-order valence-electron chi connectivity index (χ2n) is 6.06. The van der Waals surface area contributed by atoms with Crippen LogP contribution < -0.4 is 10.1 Å². The van der Waals surface area contributed by atoms with E-state index in [-0.39, 0.29) is 5.91 Å². The lowest BCUT2D eigenvalue weighted by molar-refractivity contribution is 0.102. The minimum absolute atomic E-state index is 0.152. The molecular weight excluding hydrogens is 338 g/mol. The maximum atomic E-state index is 12.5. The molecule has 0 aliphatic rings. The van der Waals surface area contributed by atoms with Crippen molar-refractivity contribution in [3.8, 4) is 11.4 Å². The molecule has 5 heteroatoms. The number of amides is 1. The maximum absolute atomic E-state index is 12.5. The van der Waals surface area contributed by atoms with Crippen LogP contribution in [0, 0.1) is 0 Å². The predicted molar refractivity (Wildman–Crippen MR) is 107 cm³/mol. The molecule has 0 saturated carbocycles. The van der Waals surface area contributed by atoms with Crippen LogP contribution in [0.5, 0.6) is 5.75 Å². The van der Waals surface area contributed by atoms with E-state index in [0.29, 0.717) is 12.2 Å². The van der Waals surface area contributed by atoms with E-state index in [1.54, 1.807) is 6.33 Å². The third-order valence-corrected chi connectivity index (χ3v) is 4.28. The zero-order valence-electron chi connectivity index (χ0n) is 14.9. The number of nitrogens with one attached hydrogen (secondary N) is 1. The van der Waals surface area contributed by atoms with Crippen molar-refractivity contribution in [1.29, 1.82) is 0 Å². The number of para-hydroxylation sites is 2. The van der Waals surface area contributed by atoms with Crippen molar-refractivity contribution in [2.24, 2.45) is 0 Å². The van der Waals surface area contributed by atoms with Gasteiger partial charge in [-0.3, -0.25) is 9.36 Å². The number of carbonyl (C=O) groups excluding carboxylic acids is 1. The molecule has 0 aliphatic heterocycles. The Morgan fingerprint density at radius 3 is 2.48 bits per heavy atom. The van der Waals surface area contributed by atoms with Gasteiger partial charge in [-0.05, 0) is 67.6 Å². The molecule has 27 heavy (non-hydrogen) atoms. The van der Waals surface area contributed by atoms with Gasteiger partial charge < -0.3 is 10.1 Å². The van der Waals surface area contributed by atoms with Gasteiger partial charge in [0.05, 0.1) is 17.6 Å². The summed E-state index contributed by atoms with van der Waals surface area (Å²) < 4.78 is 7.41. The van der Waals surface area contributed by atoms with Gasteiger partial charge in [0.15, 0.2) is 0 Å². The molecule has 134 valence electrons. The van der Waals surface area contributed by atoms with Crippen LogP contribution in [0.2, 0.25) is 0 Å². The van der Waals surface area contributed by atoms with Crippen molar-refractivity contribution in [2.75, 3.05) is 11.9 Å². The van der Waals surface area contributed by atoms with Gasteiger partial charge in [0.1, 0.15) is 12.1 Å². The maximum Gasteiger partial charge on any atom is 0.255 e. The van der Waals surface area contributed by atoms with E-state index in [0.717, 1.165) is 28.2 Å². The number of nitrogens with zero attached hydrogens (tertiary/aromatic N) is 2. The van der Waals surface area contributed by atoms with Crippen molar-refractivity contribution in [2.45, 2.75) is 6.92 Å². The SMILES string of the molecule is CCOc1ccc(NC(=O)c2ccc(-n3cnc4ccccc43)cc2)cc1. The number of aromatic nitrogens is 2. The number of fused-ring (bicyclic) bond motifs is 1. The summed E-state index contributed by atoms with van der Waals surface area (Å²) in [5, 5.41) is 2.90. The Bertz CT molecular complexity index is 1070. The molecule has 1 aromatic heterocycles. The van der Waals surface area contributed by atoms with Crippen LogP contribution in [0.15, 0.2) is 79.1 Å². The highest BCUT2D eigenvalue weighted by Crippen LogP contribution is 2.19. The van der Waals surface area contributed by atoms with E-state index in [4.69, 9.17) is 4.74 Å². The predicted octanol–water partition coefficient (Wildman–Crippen LogP) is 4.68. The normalized spacial score (nSPS) is 10.7. The molecule has 4 rings (SSSR count). The minimum Gasteiger partial charge on any atom is -0.494 e. The Hall–Kier alpha value is -3.60. The number of ether oxygens (including phenoxy) is 1. The summed E-state index contributed by atoms with van der Waals surface area (Å²) in [4.78, 5) is 16.9. The number of anilines is 1. The van der Waals surface area contributed by atoms with Gasteiger partial charge in [-0.1, -0.05) is 12.1 Å². The zero-order chi connectivity index (χ0) is 18.6. The van der Waals surface area contributed by atoms with Crippen LogP contribution >= 0.6 is 0 Å². The smallest absolute Gasteiger partial charge is 0.255 e. The molecule has 5 nitrogen and oxygen atoms in total. The first-order valence-electron chi connectivity index (χ1n) is 8.81. The average molecular weight is 357 g/mol. The Balaban J connectivity index is 1.50. The molecule has 0 radical (unpaired) electrons. The molecule has 0 aliphatic carbocycles. The van der Waals surface area contributed by atoms with Crippen molar-refractivity contribution >= 4 is 22.6 Å². The molecule has 0 spiro atoms. The fourth-order valence-electron chi connectivity index (χ4n) is 2.94.